The minimum Gasteiger partial charge on any atom is -0.370 e. The first-order valence-electron chi connectivity index (χ1n) is 6.90. The molecule has 18 heavy (non-hydrogen) atoms. The molecule has 0 aromatic heterocycles. The molecule has 0 aromatic rings. The van der Waals surface area contributed by atoms with Crippen LogP contribution in [0.5, 0.6) is 0 Å². The normalized spacial score (nSPS) is 29.8. The minimum absolute atomic E-state index is 0. The van der Waals surface area contributed by atoms with Gasteiger partial charge in [0.1, 0.15) is 0 Å². The summed E-state index contributed by atoms with van der Waals surface area (Å²) < 4.78 is 0. The molecule has 1 saturated carbocycles. The summed E-state index contributed by atoms with van der Waals surface area (Å²) in [5.41, 5.74) is 6.08. The lowest BCUT2D eigenvalue weighted by Gasteiger charge is -2.29. The Bertz CT molecular complexity index is 267. The van der Waals surface area contributed by atoms with Gasteiger partial charge in [0, 0.05) is 31.1 Å². The Labute approximate surface area is 132 Å². The van der Waals surface area contributed by atoms with Crippen molar-refractivity contribution in [2.45, 2.75) is 32.6 Å². The molecule has 2 N–H and O–H groups in total. The molecule has 1 heterocycles. The number of thioether (sulfide) groups is 1. The first-order chi connectivity index (χ1) is 8.27. The smallest absolute Gasteiger partial charge is 0.191 e. The Kier molecular flexibility index (Phi) is 7.75. The highest BCUT2D eigenvalue weighted by Crippen LogP contribution is 2.29. The van der Waals surface area contributed by atoms with Crippen molar-refractivity contribution in [3.63, 3.8) is 0 Å². The molecule has 2 atom stereocenters. The number of nitrogens with zero attached hydrogens (tertiary/aromatic N) is 2. The van der Waals surface area contributed by atoms with Crippen LogP contribution in [0.2, 0.25) is 0 Å². The van der Waals surface area contributed by atoms with E-state index in [1.807, 2.05) is 11.8 Å². The fourth-order valence-corrected chi connectivity index (χ4v) is 3.67. The second-order valence-electron chi connectivity index (χ2n) is 5.32. The zero-order chi connectivity index (χ0) is 12.1. The molecular formula is C13H26IN3S. The average Bonchev–Trinajstić information content (AvgIpc) is 2.38. The number of guanidine groups is 1. The van der Waals surface area contributed by atoms with Crippen molar-refractivity contribution in [1.82, 2.24) is 4.90 Å². The summed E-state index contributed by atoms with van der Waals surface area (Å²) in [7, 11) is 0. The van der Waals surface area contributed by atoms with Crippen molar-refractivity contribution >= 4 is 41.7 Å². The Morgan fingerprint density at radius 1 is 1.28 bits per heavy atom. The lowest BCUT2D eigenvalue weighted by Crippen LogP contribution is -2.43. The molecule has 1 aliphatic carbocycles. The first-order valence-corrected chi connectivity index (χ1v) is 8.05. The number of hydrogen-bond donors (Lipinski definition) is 1. The van der Waals surface area contributed by atoms with Gasteiger partial charge in [-0.2, -0.15) is 11.8 Å². The van der Waals surface area contributed by atoms with E-state index in [-0.39, 0.29) is 24.0 Å². The standard InChI is InChI=1S/C13H25N3S.HI/c1-11-4-2-3-5-12(11)10-15-13(14)16-6-8-17-9-7-16;/h11-12H,2-10H2,1H3,(H2,14,15);1H. The van der Waals surface area contributed by atoms with E-state index >= 15 is 0 Å². The zero-order valence-electron chi connectivity index (χ0n) is 11.3. The summed E-state index contributed by atoms with van der Waals surface area (Å²) in [6.45, 7) is 5.45. The first kappa shape index (κ1) is 16.4. The van der Waals surface area contributed by atoms with Gasteiger partial charge in [-0.15, -0.1) is 24.0 Å². The molecule has 2 fully saturated rings. The van der Waals surface area contributed by atoms with Crippen LogP contribution in [0.3, 0.4) is 0 Å². The summed E-state index contributed by atoms with van der Waals surface area (Å²) in [6.07, 6.45) is 5.50. The fourth-order valence-electron chi connectivity index (χ4n) is 2.77. The Hall–Kier alpha value is 0.350. The lowest BCUT2D eigenvalue weighted by atomic mass is 9.80. The zero-order valence-corrected chi connectivity index (χ0v) is 14.5. The number of halogens is 1. The van der Waals surface area contributed by atoms with E-state index in [2.05, 4.69) is 16.8 Å². The Morgan fingerprint density at radius 2 is 1.94 bits per heavy atom. The summed E-state index contributed by atoms with van der Waals surface area (Å²) in [5.74, 6) is 4.76. The van der Waals surface area contributed by atoms with Gasteiger partial charge in [-0.3, -0.25) is 4.99 Å². The predicted octanol–water partition coefficient (Wildman–Crippen LogP) is 2.79. The predicted molar refractivity (Wildman–Crippen MR) is 91.9 cm³/mol. The van der Waals surface area contributed by atoms with Crippen LogP contribution < -0.4 is 5.73 Å². The van der Waals surface area contributed by atoms with Crippen LogP contribution in [0, 0.1) is 11.8 Å². The molecule has 2 unspecified atom stereocenters. The summed E-state index contributed by atoms with van der Waals surface area (Å²) in [5, 5.41) is 0. The van der Waals surface area contributed by atoms with Crippen LogP contribution in [0.4, 0.5) is 0 Å². The van der Waals surface area contributed by atoms with E-state index in [4.69, 9.17) is 5.73 Å². The maximum atomic E-state index is 6.08. The second kappa shape index (κ2) is 8.51. The van der Waals surface area contributed by atoms with Crippen LogP contribution in [0.15, 0.2) is 4.99 Å². The van der Waals surface area contributed by atoms with E-state index in [1.54, 1.807) is 0 Å². The quantitative estimate of drug-likeness (QED) is 0.453. The largest absolute Gasteiger partial charge is 0.370 e. The van der Waals surface area contributed by atoms with Crippen LogP contribution in [0.1, 0.15) is 32.6 Å². The number of nitrogens with two attached hydrogens (primary N) is 1. The van der Waals surface area contributed by atoms with E-state index in [0.717, 1.165) is 37.4 Å². The molecule has 0 bridgehead atoms. The average molecular weight is 383 g/mol. The van der Waals surface area contributed by atoms with E-state index < -0.39 is 0 Å². The highest BCUT2D eigenvalue weighted by molar-refractivity contribution is 14.0. The highest BCUT2D eigenvalue weighted by Gasteiger charge is 2.21. The summed E-state index contributed by atoms with van der Waals surface area (Å²) >= 11 is 2.01. The van der Waals surface area contributed by atoms with Crippen molar-refractivity contribution in [2.75, 3.05) is 31.1 Å². The van der Waals surface area contributed by atoms with Gasteiger partial charge < -0.3 is 10.6 Å². The topological polar surface area (TPSA) is 41.6 Å². The molecule has 1 aliphatic heterocycles. The van der Waals surface area contributed by atoms with Crippen LogP contribution in [-0.4, -0.2) is 42.0 Å². The maximum Gasteiger partial charge on any atom is 0.191 e. The molecular weight excluding hydrogens is 357 g/mol. The molecule has 0 aromatic carbocycles. The molecule has 0 radical (unpaired) electrons. The molecule has 0 spiro atoms. The molecule has 2 aliphatic rings. The maximum absolute atomic E-state index is 6.08. The third kappa shape index (κ3) is 4.79. The van der Waals surface area contributed by atoms with Gasteiger partial charge in [0.2, 0.25) is 0 Å². The third-order valence-electron chi connectivity index (χ3n) is 4.11. The Balaban J connectivity index is 0.00000162. The van der Waals surface area contributed by atoms with Crippen molar-refractivity contribution in [1.29, 1.82) is 0 Å². The van der Waals surface area contributed by atoms with Gasteiger partial charge >= 0.3 is 0 Å². The van der Waals surface area contributed by atoms with E-state index in [0.29, 0.717) is 0 Å². The van der Waals surface area contributed by atoms with Crippen LogP contribution in [-0.2, 0) is 0 Å². The van der Waals surface area contributed by atoms with Gasteiger partial charge in [-0.25, -0.2) is 0 Å². The monoisotopic (exact) mass is 383 g/mol. The number of aliphatic imine (C=N–C) groups is 1. The van der Waals surface area contributed by atoms with Crippen LogP contribution >= 0.6 is 35.7 Å². The van der Waals surface area contributed by atoms with Crippen LogP contribution in [0.25, 0.3) is 0 Å². The molecule has 3 nitrogen and oxygen atoms in total. The van der Waals surface area contributed by atoms with E-state index in [1.165, 1.54) is 37.2 Å². The van der Waals surface area contributed by atoms with Crippen molar-refractivity contribution in [2.24, 2.45) is 22.6 Å². The van der Waals surface area contributed by atoms with Crippen molar-refractivity contribution < 1.29 is 0 Å². The summed E-state index contributed by atoms with van der Waals surface area (Å²) in [6, 6.07) is 0. The van der Waals surface area contributed by atoms with Gasteiger partial charge in [0.15, 0.2) is 5.96 Å². The number of hydrogen-bond acceptors (Lipinski definition) is 2. The van der Waals surface area contributed by atoms with Crippen molar-refractivity contribution in [3.8, 4) is 0 Å². The molecule has 0 amide bonds. The fraction of sp³-hybridized carbons (Fsp3) is 0.923. The molecule has 1 saturated heterocycles. The minimum atomic E-state index is 0. The second-order valence-corrected chi connectivity index (χ2v) is 6.54. The summed E-state index contributed by atoms with van der Waals surface area (Å²) in [4.78, 5) is 6.87. The van der Waals surface area contributed by atoms with Gasteiger partial charge in [-0.1, -0.05) is 26.2 Å². The number of rotatable bonds is 2. The lowest BCUT2D eigenvalue weighted by molar-refractivity contribution is 0.263. The highest BCUT2D eigenvalue weighted by atomic mass is 127. The van der Waals surface area contributed by atoms with Crippen molar-refractivity contribution in [3.05, 3.63) is 0 Å². The van der Waals surface area contributed by atoms with Gasteiger partial charge in [0.05, 0.1) is 0 Å². The van der Waals surface area contributed by atoms with E-state index in [9.17, 15) is 0 Å². The van der Waals surface area contributed by atoms with Gasteiger partial charge in [-0.05, 0) is 18.3 Å². The molecule has 2 rings (SSSR count). The molecule has 106 valence electrons. The molecule has 5 heteroatoms. The van der Waals surface area contributed by atoms with Gasteiger partial charge in [0.25, 0.3) is 0 Å². The SMILES string of the molecule is CC1CCCCC1CN=C(N)N1CCSCC1.I. The third-order valence-corrected chi connectivity index (χ3v) is 5.05. The Morgan fingerprint density at radius 3 is 2.61 bits per heavy atom.